The number of oxime groups is 1. The number of benzene rings is 3. The predicted octanol–water partition coefficient (Wildman–Crippen LogP) is 6.29. The van der Waals surface area contributed by atoms with E-state index in [1.165, 1.54) is 16.7 Å². The highest BCUT2D eigenvalue weighted by molar-refractivity contribution is 6.30. The van der Waals surface area contributed by atoms with Gasteiger partial charge in [0.25, 0.3) is 0 Å². The van der Waals surface area contributed by atoms with Gasteiger partial charge in [-0.05, 0) is 72.7 Å². The number of carbonyl (C=O) groups is 1. The number of hydrogen-bond acceptors (Lipinski definition) is 4. The van der Waals surface area contributed by atoms with Crippen molar-refractivity contribution in [3.63, 3.8) is 0 Å². The molecule has 3 aromatic rings. The standard InChI is InChI=1S/C29H33ClN2O3/c1-20-7-8-24(15-21(20)2)16-27(26-5-4-6-28(30)17-26)19-35-32-22(3)25-11-9-23(10-12-25)18-31-14-13-29(33)34/h4-12,15,17,27,31H,13-14,16,18-19H2,1-3H3,(H,33,34). The topological polar surface area (TPSA) is 70.9 Å². The quantitative estimate of drug-likeness (QED) is 0.177. The Morgan fingerprint density at radius 2 is 1.77 bits per heavy atom. The summed E-state index contributed by atoms with van der Waals surface area (Å²) in [5, 5.41) is 16.9. The lowest BCUT2D eigenvalue weighted by Crippen LogP contribution is -2.17. The van der Waals surface area contributed by atoms with Crippen LogP contribution in [0.3, 0.4) is 0 Å². The van der Waals surface area contributed by atoms with Gasteiger partial charge in [-0.25, -0.2) is 0 Å². The van der Waals surface area contributed by atoms with E-state index in [1.54, 1.807) is 0 Å². The highest BCUT2D eigenvalue weighted by Crippen LogP contribution is 2.25. The molecule has 1 unspecified atom stereocenters. The summed E-state index contributed by atoms with van der Waals surface area (Å²) < 4.78 is 0. The first kappa shape index (κ1) is 26.5. The van der Waals surface area contributed by atoms with Crippen LogP contribution < -0.4 is 5.32 Å². The zero-order chi connectivity index (χ0) is 25.2. The first-order chi connectivity index (χ1) is 16.8. The predicted molar refractivity (Wildman–Crippen MR) is 142 cm³/mol. The molecule has 3 aromatic carbocycles. The SMILES string of the molecule is CC(=NOCC(Cc1ccc(C)c(C)c1)c1cccc(Cl)c1)c1ccc(CNCCC(=O)O)cc1. The smallest absolute Gasteiger partial charge is 0.304 e. The lowest BCUT2D eigenvalue weighted by molar-refractivity contribution is -0.136. The maximum Gasteiger partial charge on any atom is 0.304 e. The summed E-state index contributed by atoms with van der Waals surface area (Å²) in [5.41, 5.74) is 7.81. The van der Waals surface area contributed by atoms with Crippen LogP contribution in [0.1, 0.15) is 52.6 Å². The second-order valence-electron chi connectivity index (χ2n) is 8.86. The first-order valence-electron chi connectivity index (χ1n) is 11.8. The Kier molecular flexibility index (Phi) is 9.88. The number of halogens is 1. The molecule has 0 heterocycles. The normalized spacial score (nSPS) is 12.4. The minimum absolute atomic E-state index is 0.112. The number of aryl methyl sites for hydroxylation is 2. The van der Waals surface area contributed by atoms with E-state index in [2.05, 4.69) is 48.6 Å². The van der Waals surface area contributed by atoms with Crippen LogP contribution in [0.5, 0.6) is 0 Å². The molecule has 184 valence electrons. The van der Waals surface area contributed by atoms with Crippen molar-refractivity contribution >= 4 is 23.3 Å². The number of nitrogens with one attached hydrogen (secondary N) is 1. The molecule has 0 fully saturated rings. The van der Waals surface area contributed by atoms with Gasteiger partial charge >= 0.3 is 5.97 Å². The van der Waals surface area contributed by atoms with Crippen LogP contribution in [0.25, 0.3) is 0 Å². The fourth-order valence-electron chi connectivity index (χ4n) is 3.82. The van der Waals surface area contributed by atoms with Crippen LogP contribution in [-0.2, 0) is 22.6 Å². The summed E-state index contributed by atoms with van der Waals surface area (Å²) in [5.74, 6) is -0.683. The Morgan fingerprint density at radius 1 is 1.03 bits per heavy atom. The van der Waals surface area contributed by atoms with Gasteiger partial charge in [0.2, 0.25) is 0 Å². The second-order valence-corrected chi connectivity index (χ2v) is 9.30. The molecule has 0 spiro atoms. The number of carboxylic acid groups (broad SMARTS) is 1. The highest BCUT2D eigenvalue weighted by Gasteiger charge is 2.15. The lowest BCUT2D eigenvalue weighted by Gasteiger charge is -2.18. The minimum atomic E-state index is -0.800. The van der Waals surface area contributed by atoms with Crippen molar-refractivity contribution in [2.45, 2.75) is 46.1 Å². The molecule has 0 aliphatic rings. The van der Waals surface area contributed by atoms with Crippen LogP contribution in [0.2, 0.25) is 5.02 Å². The third-order valence-corrected chi connectivity index (χ3v) is 6.30. The highest BCUT2D eigenvalue weighted by atomic mass is 35.5. The molecule has 0 aromatic heterocycles. The van der Waals surface area contributed by atoms with E-state index in [0.29, 0.717) is 24.7 Å². The van der Waals surface area contributed by atoms with Gasteiger partial charge in [0.05, 0.1) is 12.1 Å². The molecule has 5 nitrogen and oxygen atoms in total. The van der Waals surface area contributed by atoms with Crippen LogP contribution in [0.15, 0.2) is 71.9 Å². The Bertz CT molecular complexity index is 1160. The largest absolute Gasteiger partial charge is 0.481 e. The summed E-state index contributed by atoms with van der Waals surface area (Å²) in [6.45, 7) is 7.70. The third-order valence-electron chi connectivity index (χ3n) is 6.07. The van der Waals surface area contributed by atoms with E-state index < -0.39 is 5.97 Å². The fourth-order valence-corrected chi connectivity index (χ4v) is 4.02. The van der Waals surface area contributed by atoms with E-state index in [-0.39, 0.29) is 12.3 Å². The maximum atomic E-state index is 10.6. The van der Waals surface area contributed by atoms with E-state index in [9.17, 15) is 4.79 Å². The van der Waals surface area contributed by atoms with E-state index in [1.807, 2.05) is 49.4 Å². The molecule has 6 heteroatoms. The van der Waals surface area contributed by atoms with Crippen molar-refractivity contribution in [1.29, 1.82) is 0 Å². The fraction of sp³-hybridized carbons (Fsp3) is 0.310. The molecule has 0 aliphatic heterocycles. The molecule has 0 radical (unpaired) electrons. The Morgan fingerprint density at radius 3 is 2.46 bits per heavy atom. The molecule has 0 saturated heterocycles. The molecule has 0 amide bonds. The van der Waals surface area contributed by atoms with E-state index >= 15 is 0 Å². The number of carboxylic acids is 1. The van der Waals surface area contributed by atoms with Gasteiger partial charge in [-0.15, -0.1) is 0 Å². The summed E-state index contributed by atoms with van der Waals surface area (Å²) in [4.78, 5) is 16.4. The van der Waals surface area contributed by atoms with Crippen LogP contribution in [0, 0.1) is 13.8 Å². The van der Waals surface area contributed by atoms with Gasteiger partial charge in [0, 0.05) is 24.0 Å². The van der Waals surface area contributed by atoms with Gasteiger partial charge in [0.15, 0.2) is 0 Å². The maximum absolute atomic E-state index is 10.6. The number of hydrogen-bond donors (Lipinski definition) is 2. The molecule has 3 rings (SSSR count). The lowest BCUT2D eigenvalue weighted by atomic mass is 9.91. The van der Waals surface area contributed by atoms with Crippen LogP contribution >= 0.6 is 11.6 Å². The second kappa shape index (κ2) is 13.1. The van der Waals surface area contributed by atoms with Crippen molar-refractivity contribution in [2.75, 3.05) is 13.2 Å². The summed E-state index contributed by atoms with van der Waals surface area (Å²) in [6, 6.07) is 22.5. The van der Waals surface area contributed by atoms with Crippen molar-refractivity contribution in [3.8, 4) is 0 Å². The summed E-state index contributed by atoms with van der Waals surface area (Å²) in [7, 11) is 0. The van der Waals surface area contributed by atoms with Crippen LogP contribution in [-0.4, -0.2) is 29.9 Å². The summed E-state index contributed by atoms with van der Waals surface area (Å²) >= 11 is 6.27. The average Bonchev–Trinajstić information content (AvgIpc) is 2.83. The van der Waals surface area contributed by atoms with Crippen molar-refractivity contribution in [3.05, 3.63) is 105 Å². The zero-order valence-electron chi connectivity index (χ0n) is 20.6. The third kappa shape index (κ3) is 8.53. The van der Waals surface area contributed by atoms with Crippen LogP contribution in [0.4, 0.5) is 0 Å². The van der Waals surface area contributed by atoms with Crippen molar-refractivity contribution in [1.82, 2.24) is 5.32 Å². The number of rotatable bonds is 12. The Balaban J connectivity index is 1.63. The molecular formula is C29H33ClN2O3. The minimum Gasteiger partial charge on any atom is -0.481 e. The van der Waals surface area contributed by atoms with E-state index in [0.717, 1.165) is 28.8 Å². The molecule has 1 atom stereocenters. The Labute approximate surface area is 212 Å². The molecule has 0 bridgehead atoms. The molecule has 2 N–H and O–H groups in total. The molecule has 0 aliphatic carbocycles. The van der Waals surface area contributed by atoms with Gasteiger partial charge in [0.1, 0.15) is 6.61 Å². The molecule has 0 saturated carbocycles. The van der Waals surface area contributed by atoms with Crippen molar-refractivity contribution in [2.24, 2.45) is 5.16 Å². The number of aliphatic carboxylic acids is 1. The zero-order valence-corrected chi connectivity index (χ0v) is 21.3. The summed E-state index contributed by atoms with van der Waals surface area (Å²) in [6.07, 6.45) is 0.945. The Hall–Kier alpha value is -3.15. The van der Waals surface area contributed by atoms with Crippen molar-refractivity contribution < 1.29 is 14.7 Å². The monoisotopic (exact) mass is 492 g/mol. The van der Waals surface area contributed by atoms with Gasteiger partial charge in [-0.1, -0.05) is 71.4 Å². The average molecular weight is 493 g/mol. The van der Waals surface area contributed by atoms with Gasteiger partial charge in [-0.3, -0.25) is 4.79 Å². The first-order valence-corrected chi connectivity index (χ1v) is 12.2. The van der Waals surface area contributed by atoms with E-state index in [4.69, 9.17) is 21.5 Å². The van der Waals surface area contributed by atoms with Gasteiger partial charge < -0.3 is 15.3 Å². The van der Waals surface area contributed by atoms with Gasteiger partial charge in [-0.2, -0.15) is 0 Å². The molecule has 35 heavy (non-hydrogen) atoms. The number of nitrogens with zero attached hydrogens (tertiary/aromatic N) is 1. The molecular weight excluding hydrogens is 460 g/mol.